The zero-order valence-electron chi connectivity index (χ0n) is 19.5. The zero-order chi connectivity index (χ0) is 24.3. The van der Waals surface area contributed by atoms with Gasteiger partial charge in [-0.3, -0.25) is 24.0 Å². The second-order valence-corrected chi connectivity index (χ2v) is 10.0. The van der Waals surface area contributed by atoms with Crippen LogP contribution in [0.25, 0.3) is 11.0 Å². The van der Waals surface area contributed by atoms with Crippen molar-refractivity contribution in [2.24, 2.45) is 18.4 Å². The molecule has 6 rings (SSSR count). The molecule has 1 aliphatic carbocycles. The summed E-state index contributed by atoms with van der Waals surface area (Å²) in [6, 6.07) is 8.75. The molecule has 2 amide bonds. The third-order valence-electron chi connectivity index (χ3n) is 7.58. The minimum absolute atomic E-state index is 0.217. The Bertz CT molecular complexity index is 1480. The van der Waals surface area contributed by atoms with Crippen LogP contribution in [-0.2, 0) is 16.6 Å². The van der Waals surface area contributed by atoms with E-state index in [1.807, 2.05) is 36.5 Å². The Morgan fingerprint density at radius 1 is 1.14 bits per heavy atom. The molecule has 35 heavy (non-hydrogen) atoms. The average molecular weight is 471 g/mol. The van der Waals surface area contributed by atoms with E-state index in [4.69, 9.17) is 5.73 Å². The minimum atomic E-state index is -0.698. The molecular weight excluding hydrogens is 444 g/mol. The highest BCUT2D eigenvalue weighted by molar-refractivity contribution is 6.00. The zero-order valence-corrected chi connectivity index (χ0v) is 19.5. The number of rotatable bonds is 2. The maximum Gasteiger partial charge on any atom is 0.329 e. The van der Waals surface area contributed by atoms with Crippen LogP contribution >= 0.6 is 0 Å². The Morgan fingerprint density at radius 3 is 2.66 bits per heavy atom. The summed E-state index contributed by atoms with van der Waals surface area (Å²) in [4.78, 5) is 43.6. The van der Waals surface area contributed by atoms with Crippen LogP contribution in [0, 0.1) is 23.2 Å². The van der Waals surface area contributed by atoms with Gasteiger partial charge < -0.3 is 10.6 Å². The summed E-state index contributed by atoms with van der Waals surface area (Å²) in [5.74, 6) is 6.85. The number of nitrogens with two attached hydrogens (primary N) is 1. The van der Waals surface area contributed by atoms with Gasteiger partial charge in [0.05, 0.1) is 28.5 Å². The molecule has 0 bridgehead atoms. The van der Waals surface area contributed by atoms with Crippen LogP contribution in [-0.4, -0.2) is 39.0 Å². The van der Waals surface area contributed by atoms with Gasteiger partial charge in [0.1, 0.15) is 11.9 Å². The molecule has 9 nitrogen and oxygen atoms in total. The number of imidazole rings is 1. The van der Waals surface area contributed by atoms with Gasteiger partial charge in [0.2, 0.25) is 11.8 Å². The van der Waals surface area contributed by atoms with Crippen LogP contribution in [0.15, 0.2) is 41.3 Å². The SMILES string of the molecule is Cn1c(=O)n(C2CCC(=O)NC2=O)c2cccc(C#CC3CC4(C3)CN(c3ccc(N)nc3)C4)c21. The van der Waals surface area contributed by atoms with E-state index in [9.17, 15) is 14.4 Å². The number of hydrogen-bond donors (Lipinski definition) is 2. The minimum Gasteiger partial charge on any atom is -0.384 e. The number of benzene rings is 1. The molecule has 1 unspecified atom stereocenters. The quantitative estimate of drug-likeness (QED) is 0.434. The number of nitrogens with zero attached hydrogens (tertiary/aromatic N) is 4. The van der Waals surface area contributed by atoms with Crippen molar-refractivity contribution >= 4 is 34.4 Å². The fourth-order valence-electron chi connectivity index (χ4n) is 5.83. The Labute approximate surface area is 201 Å². The molecule has 1 aromatic carbocycles. The molecule has 3 fully saturated rings. The Morgan fingerprint density at radius 2 is 1.94 bits per heavy atom. The van der Waals surface area contributed by atoms with Crippen LogP contribution in [0.4, 0.5) is 11.5 Å². The lowest BCUT2D eigenvalue weighted by molar-refractivity contribution is -0.135. The first-order chi connectivity index (χ1) is 16.8. The number of pyridine rings is 1. The molecule has 1 saturated carbocycles. The molecular formula is C26H26N6O3. The summed E-state index contributed by atoms with van der Waals surface area (Å²) in [6.07, 6.45) is 4.47. The highest BCUT2D eigenvalue weighted by atomic mass is 16.2. The first kappa shape index (κ1) is 21.5. The Kier molecular flexibility index (Phi) is 4.74. The van der Waals surface area contributed by atoms with E-state index in [-0.39, 0.29) is 18.0 Å². The maximum atomic E-state index is 13.1. The number of carbonyl (C=O) groups is 2. The van der Waals surface area contributed by atoms with E-state index in [1.54, 1.807) is 11.6 Å². The first-order valence-electron chi connectivity index (χ1n) is 11.9. The van der Waals surface area contributed by atoms with Gasteiger partial charge in [-0.25, -0.2) is 9.78 Å². The summed E-state index contributed by atoms with van der Waals surface area (Å²) in [5.41, 5.74) is 8.99. The molecule has 2 saturated heterocycles. The number of fused-ring (bicyclic) bond motifs is 1. The molecule has 4 heterocycles. The summed E-state index contributed by atoms with van der Waals surface area (Å²) >= 11 is 0. The van der Waals surface area contributed by atoms with Crippen LogP contribution in [0.1, 0.15) is 37.3 Å². The van der Waals surface area contributed by atoms with Crippen molar-refractivity contribution in [2.75, 3.05) is 23.7 Å². The molecule has 3 aliphatic rings. The number of anilines is 2. The molecule has 3 aromatic rings. The summed E-state index contributed by atoms with van der Waals surface area (Å²) in [7, 11) is 1.70. The van der Waals surface area contributed by atoms with Gasteiger partial charge in [0, 0.05) is 37.9 Å². The van der Waals surface area contributed by atoms with Gasteiger partial charge in [-0.1, -0.05) is 17.9 Å². The van der Waals surface area contributed by atoms with Crippen molar-refractivity contribution in [1.82, 2.24) is 19.4 Å². The lowest BCUT2D eigenvalue weighted by Crippen LogP contribution is -2.62. The number of hydrogen-bond acceptors (Lipinski definition) is 6. The van der Waals surface area contributed by atoms with Gasteiger partial charge in [-0.05, 0) is 43.5 Å². The number of piperidine rings is 1. The molecule has 178 valence electrons. The number of imide groups is 1. The van der Waals surface area contributed by atoms with Crippen molar-refractivity contribution in [3.63, 3.8) is 0 Å². The summed E-state index contributed by atoms with van der Waals surface area (Å²) in [6.45, 7) is 2.02. The smallest absolute Gasteiger partial charge is 0.329 e. The second-order valence-electron chi connectivity index (χ2n) is 10.0. The van der Waals surface area contributed by atoms with Gasteiger partial charge in [0.15, 0.2) is 0 Å². The van der Waals surface area contributed by atoms with Crippen LogP contribution in [0.5, 0.6) is 0 Å². The number of para-hydroxylation sites is 1. The number of nitrogens with one attached hydrogen (secondary N) is 1. The predicted molar refractivity (Wildman–Crippen MR) is 131 cm³/mol. The van der Waals surface area contributed by atoms with E-state index in [0.29, 0.717) is 29.1 Å². The third kappa shape index (κ3) is 3.48. The molecule has 9 heteroatoms. The summed E-state index contributed by atoms with van der Waals surface area (Å²) < 4.78 is 3.05. The van der Waals surface area contributed by atoms with Crippen molar-refractivity contribution in [1.29, 1.82) is 0 Å². The van der Waals surface area contributed by atoms with Crippen LogP contribution in [0.2, 0.25) is 0 Å². The molecule has 2 aromatic heterocycles. The lowest BCUT2D eigenvalue weighted by atomic mass is 9.58. The molecule has 3 N–H and O–H groups in total. The van der Waals surface area contributed by atoms with E-state index < -0.39 is 11.9 Å². The number of amides is 2. The normalized spacial score (nSPS) is 21.3. The number of aromatic nitrogens is 3. The maximum absolute atomic E-state index is 13.1. The topological polar surface area (TPSA) is 115 Å². The van der Waals surface area contributed by atoms with Crippen LogP contribution < -0.4 is 21.6 Å². The van der Waals surface area contributed by atoms with E-state index >= 15 is 0 Å². The fourth-order valence-corrected chi connectivity index (χ4v) is 5.83. The van der Waals surface area contributed by atoms with E-state index in [2.05, 4.69) is 27.0 Å². The van der Waals surface area contributed by atoms with Crippen LogP contribution in [0.3, 0.4) is 0 Å². The molecule has 0 radical (unpaired) electrons. The van der Waals surface area contributed by atoms with Gasteiger partial charge in [-0.2, -0.15) is 0 Å². The number of nitrogen functional groups attached to an aromatic ring is 1. The first-order valence-corrected chi connectivity index (χ1v) is 11.9. The van der Waals surface area contributed by atoms with E-state index in [0.717, 1.165) is 42.7 Å². The predicted octanol–water partition coefficient (Wildman–Crippen LogP) is 1.56. The Hall–Kier alpha value is -4.06. The number of carbonyl (C=O) groups excluding carboxylic acids is 2. The number of aryl methyl sites for hydroxylation is 1. The second kappa shape index (κ2) is 7.73. The summed E-state index contributed by atoms with van der Waals surface area (Å²) in [5, 5.41) is 2.35. The van der Waals surface area contributed by atoms with Crippen molar-refractivity contribution < 1.29 is 9.59 Å². The van der Waals surface area contributed by atoms with Gasteiger partial charge in [0.25, 0.3) is 0 Å². The van der Waals surface area contributed by atoms with E-state index in [1.165, 1.54) is 4.57 Å². The van der Waals surface area contributed by atoms with Crippen molar-refractivity contribution in [3.05, 3.63) is 52.6 Å². The van der Waals surface area contributed by atoms with Crippen molar-refractivity contribution in [3.8, 4) is 11.8 Å². The van der Waals surface area contributed by atoms with Crippen molar-refractivity contribution in [2.45, 2.75) is 31.7 Å². The molecule has 2 aliphatic heterocycles. The highest BCUT2D eigenvalue weighted by Crippen LogP contribution is 2.52. The lowest BCUT2D eigenvalue weighted by Gasteiger charge is -2.59. The average Bonchev–Trinajstić information content (AvgIpc) is 3.03. The molecule has 1 spiro atoms. The largest absolute Gasteiger partial charge is 0.384 e. The third-order valence-corrected chi connectivity index (χ3v) is 7.58. The Balaban J connectivity index is 1.20. The van der Waals surface area contributed by atoms with Gasteiger partial charge in [-0.15, -0.1) is 0 Å². The molecule has 1 atom stereocenters. The van der Waals surface area contributed by atoms with Gasteiger partial charge >= 0.3 is 5.69 Å². The fraction of sp³-hybridized carbons (Fsp3) is 0.385. The monoisotopic (exact) mass is 470 g/mol. The highest BCUT2D eigenvalue weighted by Gasteiger charge is 2.52. The standard InChI is InChI=1S/C26H26N6O3/c1-30-23-17(3-2-4-19(23)32(25(30)35)20-8-10-22(33)29-24(20)34)6-5-16-11-26(12-16)14-31(15-26)18-7-9-21(27)28-13-18/h2-4,7,9,13,16,20H,8,10-12,14-15H2,1H3,(H2,27,28)(H,29,33,34).